The SMILES string of the molecule is CCC(O)C#Cc1ccc(-c2ccccc2Cl)cc1. The Morgan fingerprint density at radius 3 is 2.42 bits per heavy atom. The lowest BCUT2D eigenvalue weighted by molar-refractivity contribution is 0.228. The molecule has 0 saturated carbocycles. The number of rotatable bonds is 2. The van der Waals surface area contributed by atoms with E-state index in [0.717, 1.165) is 21.7 Å². The molecule has 2 rings (SSSR count). The second-order valence-corrected chi connectivity index (χ2v) is 4.66. The number of hydrogen-bond donors (Lipinski definition) is 1. The van der Waals surface area contributed by atoms with Crippen LogP contribution in [0.2, 0.25) is 5.02 Å². The standard InChI is InChI=1S/C17H15ClO/c1-2-15(19)12-9-13-7-10-14(11-8-13)16-5-3-4-6-17(16)18/h3-8,10-11,15,19H,2H2,1H3. The summed E-state index contributed by atoms with van der Waals surface area (Å²) in [6, 6.07) is 15.6. The summed E-state index contributed by atoms with van der Waals surface area (Å²) in [5, 5.41) is 10.1. The summed E-state index contributed by atoms with van der Waals surface area (Å²) in [6.07, 6.45) is 0.0910. The first kappa shape index (κ1) is 13.7. The highest BCUT2D eigenvalue weighted by Gasteiger charge is 2.01. The molecule has 19 heavy (non-hydrogen) atoms. The van der Waals surface area contributed by atoms with Gasteiger partial charge in [-0.05, 0) is 30.2 Å². The van der Waals surface area contributed by atoms with Crippen molar-refractivity contribution in [3.8, 4) is 23.0 Å². The molecule has 2 aromatic carbocycles. The van der Waals surface area contributed by atoms with Gasteiger partial charge in [-0.25, -0.2) is 0 Å². The number of halogens is 1. The quantitative estimate of drug-likeness (QED) is 0.814. The van der Waals surface area contributed by atoms with Gasteiger partial charge in [-0.3, -0.25) is 0 Å². The molecule has 0 aliphatic carbocycles. The van der Waals surface area contributed by atoms with E-state index in [2.05, 4.69) is 11.8 Å². The van der Waals surface area contributed by atoms with Crippen LogP contribution in [0.25, 0.3) is 11.1 Å². The van der Waals surface area contributed by atoms with Crippen molar-refractivity contribution in [3.05, 3.63) is 59.1 Å². The summed E-state index contributed by atoms with van der Waals surface area (Å²) in [6.45, 7) is 1.90. The number of aliphatic hydroxyl groups excluding tert-OH is 1. The average Bonchev–Trinajstić information content (AvgIpc) is 2.46. The van der Waals surface area contributed by atoms with Gasteiger partial charge in [0.1, 0.15) is 6.10 Å². The first-order valence-electron chi connectivity index (χ1n) is 6.25. The van der Waals surface area contributed by atoms with Crippen molar-refractivity contribution >= 4 is 11.6 Å². The van der Waals surface area contributed by atoms with Crippen LogP contribution in [0.4, 0.5) is 0 Å². The second kappa shape index (κ2) is 6.43. The van der Waals surface area contributed by atoms with Crippen LogP contribution < -0.4 is 0 Å². The van der Waals surface area contributed by atoms with Crippen LogP contribution in [-0.4, -0.2) is 11.2 Å². The number of aliphatic hydroxyl groups is 1. The fraction of sp³-hybridized carbons (Fsp3) is 0.176. The molecule has 0 amide bonds. The van der Waals surface area contributed by atoms with Gasteiger partial charge in [0.2, 0.25) is 0 Å². The second-order valence-electron chi connectivity index (χ2n) is 4.25. The van der Waals surface area contributed by atoms with E-state index in [1.54, 1.807) is 0 Å². The number of hydrogen-bond acceptors (Lipinski definition) is 1. The van der Waals surface area contributed by atoms with Crippen LogP contribution in [0.3, 0.4) is 0 Å². The van der Waals surface area contributed by atoms with E-state index >= 15 is 0 Å². The molecular formula is C17H15ClO. The smallest absolute Gasteiger partial charge is 0.114 e. The van der Waals surface area contributed by atoms with Gasteiger partial charge in [-0.2, -0.15) is 0 Å². The molecule has 2 heteroatoms. The zero-order valence-corrected chi connectivity index (χ0v) is 11.5. The molecule has 1 nitrogen and oxygen atoms in total. The third-order valence-electron chi connectivity index (χ3n) is 2.84. The van der Waals surface area contributed by atoms with E-state index in [1.807, 2.05) is 55.5 Å². The van der Waals surface area contributed by atoms with E-state index in [4.69, 9.17) is 11.6 Å². The van der Waals surface area contributed by atoms with Gasteiger partial charge in [-0.1, -0.05) is 60.7 Å². The molecule has 0 aromatic heterocycles. The maximum absolute atomic E-state index is 9.40. The molecule has 0 fully saturated rings. The Morgan fingerprint density at radius 1 is 1.11 bits per heavy atom. The molecule has 1 atom stereocenters. The van der Waals surface area contributed by atoms with Gasteiger partial charge in [0.15, 0.2) is 0 Å². The molecule has 0 aliphatic heterocycles. The van der Waals surface area contributed by atoms with Crippen LogP contribution in [0.1, 0.15) is 18.9 Å². The summed E-state index contributed by atoms with van der Waals surface area (Å²) < 4.78 is 0. The monoisotopic (exact) mass is 270 g/mol. The Bertz CT molecular complexity index is 605. The molecule has 0 spiro atoms. The van der Waals surface area contributed by atoms with Crippen LogP contribution >= 0.6 is 11.6 Å². The topological polar surface area (TPSA) is 20.2 Å². The summed E-state index contributed by atoms with van der Waals surface area (Å²) in [7, 11) is 0. The van der Waals surface area contributed by atoms with Gasteiger partial charge in [0, 0.05) is 16.1 Å². The molecule has 0 aliphatic rings. The molecule has 1 N–H and O–H groups in total. The molecule has 0 radical (unpaired) electrons. The van der Waals surface area contributed by atoms with Gasteiger partial charge in [-0.15, -0.1) is 0 Å². The molecule has 0 saturated heterocycles. The highest BCUT2D eigenvalue weighted by atomic mass is 35.5. The van der Waals surface area contributed by atoms with Gasteiger partial charge in [0.25, 0.3) is 0 Å². The Hall–Kier alpha value is -1.75. The lowest BCUT2D eigenvalue weighted by Gasteiger charge is -2.04. The molecule has 1 unspecified atom stereocenters. The van der Waals surface area contributed by atoms with Crippen LogP contribution in [0.5, 0.6) is 0 Å². The lowest BCUT2D eigenvalue weighted by Crippen LogP contribution is -1.98. The summed E-state index contributed by atoms with van der Waals surface area (Å²) in [4.78, 5) is 0. The maximum Gasteiger partial charge on any atom is 0.114 e. The Kier molecular flexibility index (Phi) is 4.63. The molecule has 2 aromatic rings. The first-order valence-corrected chi connectivity index (χ1v) is 6.63. The van der Waals surface area contributed by atoms with Crippen molar-refractivity contribution in [1.82, 2.24) is 0 Å². The molecular weight excluding hydrogens is 256 g/mol. The minimum atomic E-state index is -0.553. The van der Waals surface area contributed by atoms with Crippen molar-refractivity contribution < 1.29 is 5.11 Å². The van der Waals surface area contributed by atoms with Gasteiger partial charge < -0.3 is 5.11 Å². The zero-order chi connectivity index (χ0) is 13.7. The van der Waals surface area contributed by atoms with Crippen molar-refractivity contribution in [1.29, 1.82) is 0 Å². The molecule has 96 valence electrons. The fourth-order valence-corrected chi connectivity index (χ4v) is 1.94. The van der Waals surface area contributed by atoms with E-state index < -0.39 is 6.10 Å². The summed E-state index contributed by atoms with van der Waals surface area (Å²) >= 11 is 6.16. The predicted octanol–water partition coefficient (Wildman–Crippen LogP) is 4.13. The van der Waals surface area contributed by atoms with E-state index in [-0.39, 0.29) is 0 Å². The molecule has 0 bridgehead atoms. The van der Waals surface area contributed by atoms with E-state index in [1.165, 1.54) is 0 Å². The zero-order valence-electron chi connectivity index (χ0n) is 10.7. The number of benzene rings is 2. The third-order valence-corrected chi connectivity index (χ3v) is 3.17. The Labute approximate surface area is 118 Å². The first-order chi connectivity index (χ1) is 9.20. The minimum Gasteiger partial charge on any atom is -0.380 e. The van der Waals surface area contributed by atoms with Crippen molar-refractivity contribution in [2.45, 2.75) is 19.4 Å². The van der Waals surface area contributed by atoms with Crippen LogP contribution in [-0.2, 0) is 0 Å². The van der Waals surface area contributed by atoms with Crippen molar-refractivity contribution in [3.63, 3.8) is 0 Å². The van der Waals surface area contributed by atoms with Crippen LogP contribution in [0.15, 0.2) is 48.5 Å². The van der Waals surface area contributed by atoms with Crippen molar-refractivity contribution in [2.24, 2.45) is 0 Å². The Morgan fingerprint density at radius 2 is 1.79 bits per heavy atom. The summed E-state index contributed by atoms with van der Waals surface area (Å²) in [5.41, 5.74) is 2.97. The highest BCUT2D eigenvalue weighted by molar-refractivity contribution is 6.33. The van der Waals surface area contributed by atoms with Gasteiger partial charge in [0.05, 0.1) is 0 Å². The van der Waals surface area contributed by atoms with Crippen LogP contribution in [0, 0.1) is 11.8 Å². The van der Waals surface area contributed by atoms with Gasteiger partial charge >= 0.3 is 0 Å². The minimum absolute atomic E-state index is 0.553. The average molecular weight is 271 g/mol. The normalized spacial score (nSPS) is 11.5. The highest BCUT2D eigenvalue weighted by Crippen LogP contribution is 2.27. The summed E-state index contributed by atoms with van der Waals surface area (Å²) in [5.74, 6) is 5.75. The third kappa shape index (κ3) is 3.61. The maximum atomic E-state index is 9.40. The van der Waals surface area contributed by atoms with E-state index in [9.17, 15) is 5.11 Å². The lowest BCUT2D eigenvalue weighted by atomic mass is 10.0. The largest absolute Gasteiger partial charge is 0.380 e. The predicted molar refractivity (Wildman–Crippen MR) is 80.1 cm³/mol. The Balaban J connectivity index is 2.24. The fourth-order valence-electron chi connectivity index (χ4n) is 1.70. The van der Waals surface area contributed by atoms with E-state index in [0.29, 0.717) is 6.42 Å². The van der Waals surface area contributed by atoms with Crippen molar-refractivity contribution in [2.75, 3.05) is 0 Å². The molecule has 0 heterocycles.